The van der Waals surface area contributed by atoms with Gasteiger partial charge in [0.1, 0.15) is 0 Å². The summed E-state index contributed by atoms with van der Waals surface area (Å²) in [6, 6.07) is 15.4. The molecule has 3 amide bonds. The molecule has 1 saturated heterocycles. The van der Waals surface area contributed by atoms with Crippen LogP contribution in [0.1, 0.15) is 57.8 Å². The van der Waals surface area contributed by atoms with Gasteiger partial charge < -0.3 is 25.0 Å². The predicted molar refractivity (Wildman–Crippen MR) is 146 cm³/mol. The molecule has 2 aromatic carbocycles. The fourth-order valence-corrected chi connectivity index (χ4v) is 5.44. The number of anilines is 1. The van der Waals surface area contributed by atoms with Gasteiger partial charge in [0.25, 0.3) is 11.8 Å². The van der Waals surface area contributed by atoms with E-state index in [1.54, 1.807) is 23.1 Å². The predicted octanol–water partition coefficient (Wildman–Crippen LogP) is 3.90. The normalized spacial score (nSPS) is 15.6. The first-order valence-electron chi connectivity index (χ1n) is 13.1. The van der Waals surface area contributed by atoms with Gasteiger partial charge >= 0.3 is 0 Å². The highest BCUT2D eigenvalue weighted by atomic mass is 32.1. The van der Waals surface area contributed by atoms with Crippen LogP contribution in [-0.2, 0) is 11.2 Å². The zero-order valence-corrected chi connectivity index (χ0v) is 22.5. The minimum Gasteiger partial charge on any atom is -0.454 e. The number of piperidine rings is 1. The van der Waals surface area contributed by atoms with E-state index in [1.165, 1.54) is 5.56 Å². The van der Waals surface area contributed by atoms with Crippen molar-refractivity contribution < 1.29 is 23.9 Å². The maximum atomic E-state index is 13.0. The number of nitrogens with one attached hydrogen (secondary N) is 2. The fourth-order valence-electron chi connectivity index (χ4n) is 4.73. The van der Waals surface area contributed by atoms with Gasteiger partial charge in [-0.25, -0.2) is 0 Å². The maximum Gasteiger partial charge on any atom is 0.286 e. The van der Waals surface area contributed by atoms with Crippen molar-refractivity contribution in [3.8, 4) is 11.5 Å². The van der Waals surface area contributed by atoms with Gasteiger partial charge in [0.05, 0.1) is 0 Å². The number of benzene rings is 2. The van der Waals surface area contributed by atoms with Gasteiger partial charge in [0.15, 0.2) is 11.5 Å². The number of carbonyl (C=O) groups is 3. The Morgan fingerprint density at radius 2 is 1.77 bits per heavy atom. The summed E-state index contributed by atoms with van der Waals surface area (Å²) in [5.74, 6) is 0.768. The zero-order chi connectivity index (χ0) is 27.2. The summed E-state index contributed by atoms with van der Waals surface area (Å²) < 4.78 is 10.6. The van der Waals surface area contributed by atoms with E-state index in [0.29, 0.717) is 36.7 Å². The number of rotatable bonds is 9. The second-order valence-electron chi connectivity index (χ2n) is 9.87. The molecular formula is C28H31N5O5S. The van der Waals surface area contributed by atoms with Crippen LogP contribution in [0.4, 0.5) is 5.69 Å². The third-order valence-electron chi connectivity index (χ3n) is 6.92. The minimum atomic E-state index is -0.451. The minimum absolute atomic E-state index is 0.0579. The largest absolute Gasteiger partial charge is 0.454 e. The molecule has 0 saturated carbocycles. The molecule has 1 atom stereocenters. The van der Waals surface area contributed by atoms with Gasteiger partial charge in [0.2, 0.25) is 22.7 Å². The van der Waals surface area contributed by atoms with E-state index in [2.05, 4.69) is 33.0 Å². The molecule has 5 rings (SSSR count). The molecular weight excluding hydrogens is 518 g/mol. The summed E-state index contributed by atoms with van der Waals surface area (Å²) in [5, 5.41) is 14.0. The second-order valence-corrected chi connectivity index (χ2v) is 10.8. The summed E-state index contributed by atoms with van der Waals surface area (Å²) in [7, 11) is 0. The summed E-state index contributed by atoms with van der Waals surface area (Å²) in [6.45, 7) is 3.26. The topological polar surface area (TPSA) is 123 Å². The van der Waals surface area contributed by atoms with Crippen molar-refractivity contribution in [1.29, 1.82) is 0 Å². The quantitative estimate of drug-likeness (QED) is 0.415. The molecule has 0 radical (unpaired) electrons. The van der Waals surface area contributed by atoms with Gasteiger partial charge in [0, 0.05) is 37.3 Å². The van der Waals surface area contributed by atoms with Gasteiger partial charge in [-0.3, -0.25) is 14.4 Å². The summed E-state index contributed by atoms with van der Waals surface area (Å²) in [4.78, 5) is 39.9. The van der Waals surface area contributed by atoms with Crippen LogP contribution in [0.25, 0.3) is 0 Å². The molecule has 10 nitrogen and oxygen atoms in total. The third-order valence-corrected chi connectivity index (χ3v) is 7.83. The van der Waals surface area contributed by atoms with Crippen molar-refractivity contribution in [2.45, 2.75) is 45.1 Å². The molecule has 0 unspecified atom stereocenters. The van der Waals surface area contributed by atoms with Crippen LogP contribution in [0.5, 0.6) is 11.5 Å². The SMILES string of the molecule is C[C@H](CCc1ccccc1)NC(=O)CC1CCN(C(=O)c2nnc(C(=O)Nc3ccc4c(c3)OCO4)s2)CC1. The molecule has 0 bridgehead atoms. The fraction of sp³-hybridized carbons (Fsp3) is 0.393. The first kappa shape index (κ1) is 26.6. The molecule has 2 aliphatic rings. The summed E-state index contributed by atoms with van der Waals surface area (Å²) >= 11 is 0.963. The van der Waals surface area contributed by atoms with E-state index in [0.717, 1.165) is 37.0 Å². The van der Waals surface area contributed by atoms with Crippen molar-refractivity contribution in [1.82, 2.24) is 20.4 Å². The third kappa shape index (κ3) is 6.91. The zero-order valence-electron chi connectivity index (χ0n) is 21.7. The summed E-state index contributed by atoms with van der Waals surface area (Å²) in [5.41, 5.74) is 1.80. The highest BCUT2D eigenvalue weighted by Gasteiger charge is 2.28. The second kappa shape index (κ2) is 12.2. The number of ether oxygens (including phenoxy) is 2. The average Bonchev–Trinajstić information content (AvgIpc) is 3.62. The van der Waals surface area contributed by atoms with Crippen molar-refractivity contribution >= 4 is 34.7 Å². The molecule has 0 aliphatic carbocycles. The van der Waals surface area contributed by atoms with Crippen LogP contribution in [0.2, 0.25) is 0 Å². The molecule has 2 N–H and O–H groups in total. The lowest BCUT2D eigenvalue weighted by molar-refractivity contribution is -0.122. The lowest BCUT2D eigenvalue weighted by Crippen LogP contribution is -2.40. The van der Waals surface area contributed by atoms with Crippen LogP contribution < -0.4 is 20.1 Å². The summed E-state index contributed by atoms with van der Waals surface area (Å²) in [6.07, 6.45) is 3.76. The molecule has 11 heteroatoms. The number of hydrogen-bond acceptors (Lipinski definition) is 8. The number of nitrogens with zero attached hydrogens (tertiary/aromatic N) is 3. The molecule has 3 aromatic rings. The first-order valence-corrected chi connectivity index (χ1v) is 13.9. The highest BCUT2D eigenvalue weighted by molar-refractivity contribution is 7.15. The Bertz CT molecular complexity index is 1320. The van der Waals surface area contributed by atoms with E-state index in [1.807, 2.05) is 25.1 Å². The van der Waals surface area contributed by atoms with E-state index < -0.39 is 5.91 Å². The van der Waals surface area contributed by atoms with E-state index in [9.17, 15) is 14.4 Å². The van der Waals surface area contributed by atoms with Crippen LogP contribution >= 0.6 is 11.3 Å². The van der Waals surface area contributed by atoms with Crippen LogP contribution in [-0.4, -0.2) is 58.7 Å². The lowest BCUT2D eigenvalue weighted by Gasteiger charge is -2.31. The number of hydrogen-bond donors (Lipinski definition) is 2. The number of carbonyl (C=O) groups excluding carboxylic acids is 3. The van der Waals surface area contributed by atoms with Crippen LogP contribution in [0.3, 0.4) is 0 Å². The molecule has 0 spiro atoms. The number of likely N-dealkylation sites (tertiary alicyclic amines) is 1. The van der Waals surface area contributed by atoms with Crippen molar-refractivity contribution in [2.24, 2.45) is 5.92 Å². The van der Waals surface area contributed by atoms with Gasteiger partial charge in [-0.15, -0.1) is 10.2 Å². The Balaban J connectivity index is 1.05. The van der Waals surface area contributed by atoms with Crippen molar-refractivity contribution in [3.05, 3.63) is 64.1 Å². The monoisotopic (exact) mass is 549 g/mol. The standard InChI is InChI=1S/C28H31N5O5S/c1-18(7-8-19-5-3-2-4-6-19)29-24(34)15-20-11-13-33(14-12-20)28(36)27-32-31-26(39-27)25(35)30-21-9-10-22-23(16-21)38-17-37-22/h2-6,9-10,16,18,20H,7-8,11-15,17H2,1H3,(H,29,34)(H,30,35)/t18-/m1/s1. The molecule has 3 heterocycles. The molecule has 1 fully saturated rings. The van der Waals surface area contributed by atoms with E-state index in [4.69, 9.17) is 9.47 Å². The van der Waals surface area contributed by atoms with Gasteiger partial charge in [-0.05, 0) is 56.2 Å². The van der Waals surface area contributed by atoms with Crippen molar-refractivity contribution in [3.63, 3.8) is 0 Å². The molecule has 1 aromatic heterocycles. The Labute approximate surface area is 230 Å². The number of amides is 3. The van der Waals surface area contributed by atoms with Crippen molar-refractivity contribution in [2.75, 3.05) is 25.2 Å². The van der Waals surface area contributed by atoms with E-state index >= 15 is 0 Å². The highest BCUT2D eigenvalue weighted by Crippen LogP contribution is 2.34. The van der Waals surface area contributed by atoms with Crippen LogP contribution in [0, 0.1) is 5.92 Å². The van der Waals surface area contributed by atoms with Crippen LogP contribution in [0.15, 0.2) is 48.5 Å². The Morgan fingerprint density at radius 1 is 1.03 bits per heavy atom. The Kier molecular flexibility index (Phi) is 8.36. The van der Waals surface area contributed by atoms with E-state index in [-0.39, 0.29) is 40.6 Å². The number of aryl methyl sites for hydroxylation is 1. The molecule has 39 heavy (non-hydrogen) atoms. The first-order chi connectivity index (χ1) is 18.9. The lowest BCUT2D eigenvalue weighted by atomic mass is 9.93. The molecule has 204 valence electrons. The number of fused-ring (bicyclic) bond motifs is 1. The molecule has 2 aliphatic heterocycles. The maximum absolute atomic E-state index is 13.0. The van der Waals surface area contributed by atoms with Gasteiger partial charge in [-0.1, -0.05) is 41.7 Å². The average molecular weight is 550 g/mol. The smallest absolute Gasteiger partial charge is 0.286 e. The Morgan fingerprint density at radius 3 is 2.56 bits per heavy atom. The van der Waals surface area contributed by atoms with Gasteiger partial charge in [-0.2, -0.15) is 0 Å². The number of aromatic nitrogens is 2. The Hall–Kier alpha value is -3.99.